The number of hydrogen-bond acceptors (Lipinski definition) is 4. The Morgan fingerprint density at radius 1 is 1.19 bits per heavy atom. The molecule has 0 atom stereocenters. The smallest absolute Gasteiger partial charge is 0.399 e. The molecule has 4 nitrogen and oxygen atoms in total. The minimum absolute atomic E-state index is 0.357. The molecule has 0 spiro atoms. The standard InChI is InChI=1S/C16H21BN2O2/c1-14(2)15(3,4)21-17(20-14)12-6-9-19-13(10-12)16(11-18)7-5-8-16/h6,9-10H,5,7-8H2,1-4H3. The van der Waals surface area contributed by atoms with Gasteiger partial charge in [-0.15, -0.1) is 0 Å². The van der Waals surface area contributed by atoms with E-state index in [4.69, 9.17) is 9.31 Å². The molecule has 1 aliphatic heterocycles. The quantitative estimate of drug-likeness (QED) is 0.782. The molecular formula is C16H21BN2O2. The van der Waals surface area contributed by atoms with Gasteiger partial charge in [0.25, 0.3) is 0 Å². The summed E-state index contributed by atoms with van der Waals surface area (Å²) in [5.41, 5.74) is 0.679. The summed E-state index contributed by atoms with van der Waals surface area (Å²) in [6.07, 6.45) is 4.63. The first-order valence-electron chi connectivity index (χ1n) is 7.53. The van der Waals surface area contributed by atoms with Gasteiger partial charge in [-0.2, -0.15) is 5.26 Å². The zero-order valence-corrected chi connectivity index (χ0v) is 13.1. The highest BCUT2D eigenvalue weighted by atomic mass is 16.7. The van der Waals surface area contributed by atoms with Crippen LogP contribution < -0.4 is 5.46 Å². The molecule has 1 aromatic heterocycles. The monoisotopic (exact) mass is 284 g/mol. The van der Waals surface area contributed by atoms with Crippen LogP contribution in [-0.2, 0) is 14.7 Å². The summed E-state index contributed by atoms with van der Waals surface area (Å²) in [6.45, 7) is 8.16. The van der Waals surface area contributed by atoms with Crippen LogP contribution in [0.1, 0.15) is 52.7 Å². The van der Waals surface area contributed by atoms with Gasteiger partial charge in [0, 0.05) is 6.20 Å². The van der Waals surface area contributed by atoms with Gasteiger partial charge in [-0.05, 0) is 64.6 Å². The van der Waals surface area contributed by atoms with Gasteiger partial charge in [0.2, 0.25) is 0 Å². The molecule has 110 valence electrons. The van der Waals surface area contributed by atoms with Crippen molar-refractivity contribution in [2.45, 2.75) is 63.6 Å². The Kier molecular flexibility index (Phi) is 3.16. The van der Waals surface area contributed by atoms with E-state index in [1.165, 1.54) is 0 Å². The molecule has 0 radical (unpaired) electrons. The van der Waals surface area contributed by atoms with Crippen LogP contribution in [0.2, 0.25) is 0 Å². The van der Waals surface area contributed by atoms with E-state index in [-0.39, 0.29) is 11.2 Å². The molecule has 2 fully saturated rings. The van der Waals surface area contributed by atoms with Crippen molar-refractivity contribution >= 4 is 12.6 Å². The van der Waals surface area contributed by atoms with Gasteiger partial charge in [-0.1, -0.05) is 0 Å². The average Bonchev–Trinajstić information content (AvgIpc) is 2.58. The lowest BCUT2D eigenvalue weighted by Crippen LogP contribution is -2.41. The zero-order valence-electron chi connectivity index (χ0n) is 13.1. The van der Waals surface area contributed by atoms with Crippen molar-refractivity contribution < 1.29 is 9.31 Å². The molecule has 2 heterocycles. The van der Waals surface area contributed by atoms with Crippen molar-refractivity contribution in [3.05, 3.63) is 24.0 Å². The second-order valence-corrected chi connectivity index (χ2v) is 7.11. The molecule has 5 heteroatoms. The highest BCUT2D eigenvalue weighted by Crippen LogP contribution is 2.42. The Balaban J connectivity index is 1.90. The van der Waals surface area contributed by atoms with Crippen molar-refractivity contribution in [2.75, 3.05) is 0 Å². The molecule has 1 aliphatic carbocycles. The van der Waals surface area contributed by atoms with Crippen LogP contribution >= 0.6 is 0 Å². The Morgan fingerprint density at radius 2 is 1.81 bits per heavy atom. The maximum Gasteiger partial charge on any atom is 0.494 e. The molecule has 1 saturated carbocycles. The van der Waals surface area contributed by atoms with Gasteiger partial charge in [0.1, 0.15) is 0 Å². The van der Waals surface area contributed by atoms with E-state index in [0.717, 1.165) is 30.4 Å². The molecule has 0 bridgehead atoms. The summed E-state index contributed by atoms with van der Waals surface area (Å²) in [7, 11) is -0.396. The van der Waals surface area contributed by atoms with Gasteiger partial charge in [0.15, 0.2) is 0 Å². The van der Waals surface area contributed by atoms with E-state index in [9.17, 15) is 5.26 Å². The normalized spacial score (nSPS) is 25.2. The molecular weight excluding hydrogens is 263 g/mol. The van der Waals surface area contributed by atoms with E-state index in [0.29, 0.717) is 0 Å². The van der Waals surface area contributed by atoms with E-state index < -0.39 is 12.5 Å². The number of pyridine rings is 1. The SMILES string of the molecule is CC1(C)OB(c2ccnc(C3(C#N)CCC3)c2)OC1(C)C. The van der Waals surface area contributed by atoms with Gasteiger partial charge in [-0.3, -0.25) is 4.98 Å². The molecule has 0 unspecified atom stereocenters. The highest BCUT2D eigenvalue weighted by Gasteiger charge is 2.52. The molecule has 0 aromatic carbocycles. The van der Waals surface area contributed by atoms with Gasteiger partial charge in [-0.25, -0.2) is 0 Å². The Hall–Kier alpha value is -1.38. The van der Waals surface area contributed by atoms with Gasteiger partial charge >= 0.3 is 7.12 Å². The number of rotatable bonds is 2. The summed E-state index contributed by atoms with van der Waals surface area (Å²) in [5, 5.41) is 9.46. The molecule has 1 saturated heterocycles. The van der Waals surface area contributed by atoms with Crippen molar-refractivity contribution in [1.29, 1.82) is 5.26 Å². The van der Waals surface area contributed by atoms with Crippen LogP contribution in [0.4, 0.5) is 0 Å². The minimum atomic E-state index is -0.403. The maximum atomic E-state index is 9.46. The fourth-order valence-corrected chi connectivity index (χ4v) is 2.79. The minimum Gasteiger partial charge on any atom is -0.399 e. The molecule has 2 aliphatic rings. The summed E-state index contributed by atoms with van der Waals surface area (Å²) in [6, 6.07) is 6.33. The van der Waals surface area contributed by atoms with Crippen molar-refractivity contribution in [1.82, 2.24) is 4.98 Å². The van der Waals surface area contributed by atoms with Crippen molar-refractivity contribution in [2.24, 2.45) is 0 Å². The number of nitriles is 1. The lowest BCUT2D eigenvalue weighted by molar-refractivity contribution is 0.00578. The summed E-state index contributed by atoms with van der Waals surface area (Å²) < 4.78 is 12.1. The predicted molar refractivity (Wildman–Crippen MR) is 81.1 cm³/mol. The summed E-state index contributed by atoms with van der Waals surface area (Å²) >= 11 is 0. The second-order valence-electron chi connectivity index (χ2n) is 7.11. The first-order chi connectivity index (χ1) is 9.80. The number of hydrogen-bond donors (Lipinski definition) is 0. The number of aromatic nitrogens is 1. The topological polar surface area (TPSA) is 55.1 Å². The van der Waals surface area contributed by atoms with E-state index >= 15 is 0 Å². The van der Waals surface area contributed by atoms with Crippen LogP contribution in [0.25, 0.3) is 0 Å². The molecule has 0 N–H and O–H groups in total. The maximum absolute atomic E-state index is 9.46. The third kappa shape index (κ3) is 2.18. The van der Waals surface area contributed by atoms with Gasteiger partial charge in [0.05, 0.1) is 28.4 Å². The lowest BCUT2D eigenvalue weighted by atomic mass is 9.66. The van der Waals surface area contributed by atoms with Gasteiger partial charge < -0.3 is 9.31 Å². The second kappa shape index (κ2) is 4.56. The van der Waals surface area contributed by atoms with Crippen LogP contribution in [-0.4, -0.2) is 23.3 Å². The molecule has 3 rings (SSSR count). The molecule has 1 aromatic rings. The fourth-order valence-electron chi connectivity index (χ4n) is 2.79. The number of nitrogens with zero attached hydrogens (tertiary/aromatic N) is 2. The van der Waals surface area contributed by atoms with Crippen molar-refractivity contribution in [3.8, 4) is 6.07 Å². The largest absolute Gasteiger partial charge is 0.494 e. The summed E-state index contributed by atoms with van der Waals surface area (Å²) in [4.78, 5) is 4.41. The van der Waals surface area contributed by atoms with E-state index in [1.807, 2.05) is 39.8 Å². The average molecular weight is 284 g/mol. The lowest BCUT2D eigenvalue weighted by Gasteiger charge is -2.34. The summed E-state index contributed by atoms with van der Waals surface area (Å²) in [5.74, 6) is 0. The fraction of sp³-hybridized carbons (Fsp3) is 0.625. The third-order valence-corrected chi connectivity index (χ3v) is 5.22. The van der Waals surface area contributed by atoms with Crippen LogP contribution in [0.5, 0.6) is 0 Å². The Morgan fingerprint density at radius 3 is 2.29 bits per heavy atom. The molecule has 0 amide bonds. The van der Waals surface area contributed by atoms with Crippen LogP contribution in [0.3, 0.4) is 0 Å². The predicted octanol–water partition coefficient (Wildman–Crippen LogP) is 2.33. The van der Waals surface area contributed by atoms with E-state index in [1.54, 1.807) is 6.20 Å². The first kappa shape index (κ1) is 14.6. The van der Waals surface area contributed by atoms with Crippen LogP contribution in [0.15, 0.2) is 18.3 Å². The first-order valence-corrected chi connectivity index (χ1v) is 7.53. The van der Waals surface area contributed by atoms with Crippen LogP contribution in [0, 0.1) is 11.3 Å². The Labute approximate surface area is 126 Å². The third-order valence-electron chi connectivity index (χ3n) is 5.22. The van der Waals surface area contributed by atoms with E-state index in [2.05, 4.69) is 11.1 Å². The van der Waals surface area contributed by atoms with Crippen molar-refractivity contribution in [3.63, 3.8) is 0 Å². The molecule has 21 heavy (non-hydrogen) atoms. The highest BCUT2D eigenvalue weighted by molar-refractivity contribution is 6.62. The zero-order chi connectivity index (χ0) is 15.3. The Bertz CT molecular complexity index is 587.